The molecule has 0 bridgehead atoms. The second-order valence-corrected chi connectivity index (χ2v) is 3.01. The van der Waals surface area contributed by atoms with Gasteiger partial charge in [-0.15, -0.1) is 0 Å². The van der Waals surface area contributed by atoms with E-state index in [4.69, 9.17) is 16.3 Å². The fourth-order valence-electron chi connectivity index (χ4n) is 1.12. The van der Waals surface area contributed by atoms with Crippen LogP contribution in [0.2, 0.25) is 5.15 Å². The second kappa shape index (κ2) is 3.32. The zero-order valence-corrected chi connectivity index (χ0v) is 7.82. The number of hydrogen-bond donors (Lipinski definition) is 0. The molecule has 13 heavy (non-hydrogen) atoms. The molecule has 0 aliphatic carbocycles. The molecule has 2 heterocycles. The molecule has 0 saturated heterocycles. The number of rotatable bonds is 2. The standard InChI is InChI=1S/C8H8ClN3O/c1-13-5-6-2-3-8-10-7(9)4-12(8)11-6/h2-4H,5H2,1H3. The van der Waals surface area contributed by atoms with Gasteiger partial charge in [0, 0.05) is 7.11 Å². The second-order valence-electron chi connectivity index (χ2n) is 2.62. The van der Waals surface area contributed by atoms with Gasteiger partial charge in [-0.1, -0.05) is 11.6 Å². The Morgan fingerprint density at radius 2 is 2.38 bits per heavy atom. The smallest absolute Gasteiger partial charge is 0.155 e. The van der Waals surface area contributed by atoms with Crippen LogP contribution in [-0.2, 0) is 11.3 Å². The Hall–Kier alpha value is -1.13. The first-order chi connectivity index (χ1) is 6.29. The number of imidazole rings is 1. The number of aromatic nitrogens is 3. The first kappa shape index (κ1) is 8.47. The van der Waals surface area contributed by atoms with Crippen molar-refractivity contribution in [3.63, 3.8) is 0 Å². The summed E-state index contributed by atoms with van der Waals surface area (Å²) < 4.78 is 6.59. The Morgan fingerprint density at radius 3 is 3.15 bits per heavy atom. The lowest BCUT2D eigenvalue weighted by atomic mass is 10.4. The predicted molar refractivity (Wildman–Crippen MR) is 48.7 cm³/mol. The highest BCUT2D eigenvalue weighted by Gasteiger charge is 2.00. The Labute approximate surface area is 80.1 Å². The van der Waals surface area contributed by atoms with Crippen molar-refractivity contribution in [1.82, 2.24) is 14.6 Å². The quantitative estimate of drug-likeness (QED) is 0.733. The van der Waals surface area contributed by atoms with Gasteiger partial charge in [0.2, 0.25) is 0 Å². The molecule has 0 amide bonds. The highest BCUT2D eigenvalue weighted by atomic mass is 35.5. The molecule has 0 unspecified atom stereocenters. The van der Waals surface area contributed by atoms with Crippen LogP contribution in [0.5, 0.6) is 0 Å². The highest BCUT2D eigenvalue weighted by molar-refractivity contribution is 6.29. The van der Waals surface area contributed by atoms with Gasteiger partial charge in [-0.2, -0.15) is 5.10 Å². The number of halogens is 1. The van der Waals surface area contributed by atoms with Gasteiger partial charge in [0.25, 0.3) is 0 Å². The molecule has 5 heteroatoms. The highest BCUT2D eigenvalue weighted by Crippen LogP contribution is 2.08. The van der Waals surface area contributed by atoms with E-state index in [2.05, 4.69) is 10.1 Å². The largest absolute Gasteiger partial charge is 0.378 e. The fourth-order valence-corrected chi connectivity index (χ4v) is 1.30. The molecule has 4 nitrogen and oxygen atoms in total. The number of nitrogens with zero attached hydrogens (tertiary/aromatic N) is 3. The topological polar surface area (TPSA) is 39.4 Å². The van der Waals surface area contributed by atoms with Crippen molar-refractivity contribution >= 4 is 17.2 Å². The minimum absolute atomic E-state index is 0.446. The Bertz CT molecular complexity index is 426. The molecule has 0 N–H and O–H groups in total. The first-order valence-corrected chi connectivity index (χ1v) is 4.17. The monoisotopic (exact) mass is 197 g/mol. The zero-order valence-electron chi connectivity index (χ0n) is 7.07. The van der Waals surface area contributed by atoms with Crippen LogP contribution in [0.25, 0.3) is 5.65 Å². The van der Waals surface area contributed by atoms with Crippen LogP contribution in [-0.4, -0.2) is 21.7 Å². The van der Waals surface area contributed by atoms with Crippen LogP contribution in [0, 0.1) is 0 Å². The van der Waals surface area contributed by atoms with Gasteiger partial charge in [0.05, 0.1) is 18.5 Å². The van der Waals surface area contributed by atoms with E-state index < -0.39 is 0 Å². The normalized spacial score (nSPS) is 10.9. The van der Waals surface area contributed by atoms with Crippen LogP contribution in [0.15, 0.2) is 18.3 Å². The van der Waals surface area contributed by atoms with Crippen molar-refractivity contribution in [3.8, 4) is 0 Å². The van der Waals surface area contributed by atoms with E-state index in [-0.39, 0.29) is 0 Å². The molecule has 0 aromatic carbocycles. The van der Waals surface area contributed by atoms with E-state index >= 15 is 0 Å². The van der Waals surface area contributed by atoms with E-state index in [1.807, 2.05) is 12.1 Å². The number of methoxy groups -OCH3 is 1. The lowest BCUT2D eigenvalue weighted by molar-refractivity contribution is 0.180. The molecule has 0 aliphatic heterocycles. The average Bonchev–Trinajstić information content (AvgIpc) is 2.44. The zero-order chi connectivity index (χ0) is 9.26. The molecule has 0 spiro atoms. The molecule has 0 atom stereocenters. The van der Waals surface area contributed by atoms with Crippen LogP contribution < -0.4 is 0 Å². The van der Waals surface area contributed by atoms with Gasteiger partial charge in [0.15, 0.2) is 5.65 Å². The fraction of sp³-hybridized carbons (Fsp3) is 0.250. The maximum Gasteiger partial charge on any atom is 0.155 e. The lowest BCUT2D eigenvalue weighted by Crippen LogP contribution is -1.97. The van der Waals surface area contributed by atoms with Crippen LogP contribution >= 0.6 is 11.6 Å². The molecule has 0 saturated carbocycles. The van der Waals surface area contributed by atoms with Crippen molar-refractivity contribution in [3.05, 3.63) is 29.2 Å². The number of hydrogen-bond acceptors (Lipinski definition) is 3. The molecular formula is C8H8ClN3O. The Morgan fingerprint density at radius 1 is 1.54 bits per heavy atom. The van der Waals surface area contributed by atoms with Crippen LogP contribution in [0.3, 0.4) is 0 Å². The molecule has 2 rings (SSSR count). The maximum atomic E-state index is 5.71. The van der Waals surface area contributed by atoms with Crippen molar-refractivity contribution in [1.29, 1.82) is 0 Å². The molecule has 0 radical (unpaired) electrons. The third-order valence-corrected chi connectivity index (χ3v) is 1.82. The number of fused-ring (bicyclic) bond motifs is 1. The van der Waals surface area contributed by atoms with Crippen molar-refractivity contribution in [2.75, 3.05) is 7.11 Å². The van der Waals surface area contributed by atoms with Crippen LogP contribution in [0.1, 0.15) is 5.69 Å². The summed E-state index contributed by atoms with van der Waals surface area (Å²) in [5.41, 5.74) is 1.59. The van der Waals surface area contributed by atoms with E-state index in [1.165, 1.54) is 0 Å². The molecule has 0 aliphatic rings. The minimum Gasteiger partial charge on any atom is -0.378 e. The molecule has 2 aromatic rings. The van der Waals surface area contributed by atoms with Gasteiger partial charge < -0.3 is 4.74 Å². The van der Waals surface area contributed by atoms with E-state index in [0.29, 0.717) is 11.8 Å². The third kappa shape index (κ3) is 1.64. The van der Waals surface area contributed by atoms with E-state index in [1.54, 1.807) is 17.8 Å². The van der Waals surface area contributed by atoms with Crippen molar-refractivity contribution in [2.45, 2.75) is 6.61 Å². The molecular weight excluding hydrogens is 190 g/mol. The van der Waals surface area contributed by atoms with Crippen LogP contribution in [0.4, 0.5) is 0 Å². The van der Waals surface area contributed by atoms with Gasteiger partial charge in [-0.3, -0.25) is 0 Å². The SMILES string of the molecule is COCc1ccc2nc(Cl)cn2n1. The van der Waals surface area contributed by atoms with Gasteiger partial charge in [-0.05, 0) is 12.1 Å². The van der Waals surface area contributed by atoms with Gasteiger partial charge in [0.1, 0.15) is 5.15 Å². The van der Waals surface area contributed by atoms with E-state index in [9.17, 15) is 0 Å². The van der Waals surface area contributed by atoms with Gasteiger partial charge >= 0.3 is 0 Å². The summed E-state index contributed by atoms with van der Waals surface area (Å²) in [5, 5.41) is 4.68. The van der Waals surface area contributed by atoms with Gasteiger partial charge in [-0.25, -0.2) is 9.50 Å². The van der Waals surface area contributed by atoms with Crippen molar-refractivity contribution in [2.24, 2.45) is 0 Å². The predicted octanol–water partition coefficient (Wildman–Crippen LogP) is 1.53. The van der Waals surface area contributed by atoms with Crippen molar-refractivity contribution < 1.29 is 4.74 Å². The summed E-state index contributed by atoms with van der Waals surface area (Å²) in [6.45, 7) is 0.492. The molecule has 0 fully saturated rings. The maximum absolute atomic E-state index is 5.71. The summed E-state index contributed by atoms with van der Waals surface area (Å²) in [6.07, 6.45) is 1.66. The summed E-state index contributed by atoms with van der Waals surface area (Å²) in [7, 11) is 1.63. The summed E-state index contributed by atoms with van der Waals surface area (Å²) in [5.74, 6) is 0. The molecule has 2 aromatic heterocycles. The lowest BCUT2D eigenvalue weighted by Gasteiger charge is -1.98. The molecule has 68 valence electrons. The Balaban J connectivity index is 2.48. The summed E-state index contributed by atoms with van der Waals surface area (Å²) >= 11 is 5.71. The Kier molecular flexibility index (Phi) is 2.16. The summed E-state index contributed by atoms with van der Waals surface area (Å²) in [6, 6.07) is 3.72. The first-order valence-electron chi connectivity index (χ1n) is 3.79. The van der Waals surface area contributed by atoms with E-state index in [0.717, 1.165) is 11.3 Å². The average molecular weight is 198 g/mol. The summed E-state index contributed by atoms with van der Waals surface area (Å²) in [4.78, 5) is 4.04. The number of ether oxygens (including phenoxy) is 1. The third-order valence-electron chi connectivity index (χ3n) is 1.64. The minimum atomic E-state index is 0.446.